The van der Waals surface area contributed by atoms with Gasteiger partial charge >= 0.3 is 0 Å². The largest absolute Gasteiger partial charge is 0.488 e. The van der Waals surface area contributed by atoms with Crippen molar-refractivity contribution >= 4 is 57.0 Å². The summed E-state index contributed by atoms with van der Waals surface area (Å²) in [6.07, 6.45) is 1.65. The number of thioether (sulfide) groups is 1. The Morgan fingerprint density at radius 1 is 0.905 bits per heavy atom. The van der Waals surface area contributed by atoms with Gasteiger partial charge < -0.3 is 19.7 Å². The molecule has 0 saturated carbocycles. The van der Waals surface area contributed by atoms with E-state index in [0.29, 0.717) is 49.9 Å². The molecule has 0 aliphatic carbocycles. The molecule has 0 bridgehead atoms. The zero-order valence-corrected chi connectivity index (χ0v) is 23.6. The summed E-state index contributed by atoms with van der Waals surface area (Å²) < 4.78 is 11.6. The monoisotopic (exact) mass is 579 g/mol. The SMILES string of the molecule is O=C(CN1C(=O)S/C(=C\c2ccccc2OCc2ccc3ccccc3c2)C1=O)Nc1ccccc1N1CCOCC1. The van der Waals surface area contributed by atoms with Crippen LogP contribution in [0.15, 0.2) is 95.9 Å². The number of hydrogen-bond donors (Lipinski definition) is 1. The smallest absolute Gasteiger partial charge is 0.294 e. The Balaban J connectivity index is 1.12. The van der Waals surface area contributed by atoms with Gasteiger partial charge in [-0.1, -0.05) is 66.7 Å². The molecule has 212 valence electrons. The molecule has 1 N–H and O–H groups in total. The van der Waals surface area contributed by atoms with Gasteiger partial charge in [0.15, 0.2) is 0 Å². The number of anilines is 2. The maximum Gasteiger partial charge on any atom is 0.294 e. The summed E-state index contributed by atoms with van der Waals surface area (Å²) in [6, 6.07) is 29.2. The number of morpholine rings is 1. The lowest BCUT2D eigenvalue weighted by atomic mass is 10.1. The number of rotatable bonds is 8. The first-order valence-electron chi connectivity index (χ1n) is 13.7. The summed E-state index contributed by atoms with van der Waals surface area (Å²) in [4.78, 5) is 42.3. The highest BCUT2D eigenvalue weighted by molar-refractivity contribution is 8.18. The Morgan fingerprint density at radius 3 is 2.50 bits per heavy atom. The summed E-state index contributed by atoms with van der Waals surface area (Å²) in [5.41, 5.74) is 3.20. The Hall–Kier alpha value is -4.60. The molecule has 9 heteroatoms. The van der Waals surface area contributed by atoms with E-state index < -0.39 is 17.1 Å². The lowest BCUT2D eigenvalue weighted by Gasteiger charge is -2.30. The minimum Gasteiger partial charge on any atom is -0.488 e. The van der Waals surface area contributed by atoms with Gasteiger partial charge in [0.1, 0.15) is 18.9 Å². The third-order valence-electron chi connectivity index (χ3n) is 7.12. The van der Waals surface area contributed by atoms with E-state index in [1.165, 1.54) is 0 Å². The van der Waals surface area contributed by atoms with Crippen LogP contribution < -0.4 is 15.0 Å². The van der Waals surface area contributed by atoms with E-state index in [4.69, 9.17) is 9.47 Å². The number of benzene rings is 4. The van der Waals surface area contributed by atoms with Crippen molar-refractivity contribution in [3.8, 4) is 5.75 Å². The second kappa shape index (κ2) is 12.5. The first-order chi connectivity index (χ1) is 20.5. The lowest BCUT2D eigenvalue weighted by molar-refractivity contribution is -0.127. The fourth-order valence-corrected chi connectivity index (χ4v) is 5.82. The van der Waals surface area contributed by atoms with Gasteiger partial charge in [-0.05, 0) is 58.4 Å². The lowest BCUT2D eigenvalue weighted by Crippen LogP contribution is -2.38. The van der Waals surface area contributed by atoms with Crippen LogP contribution in [0.3, 0.4) is 0 Å². The van der Waals surface area contributed by atoms with Crippen molar-refractivity contribution in [3.05, 3.63) is 107 Å². The average Bonchev–Trinajstić information content (AvgIpc) is 3.28. The van der Waals surface area contributed by atoms with Crippen molar-refractivity contribution in [1.29, 1.82) is 0 Å². The van der Waals surface area contributed by atoms with Crippen LogP contribution in [0.5, 0.6) is 5.75 Å². The molecular formula is C33H29N3O5S. The average molecular weight is 580 g/mol. The topological polar surface area (TPSA) is 88.2 Å². The van der Waals surface area contributed by atoms with Crippen molar-refractivity contribution in [2.24, 2.45) is 0 Å². The summed E-state index contributed by atoms with van der Waals surface area (Å²) in [6.45, 7) is 2.64. The van der Waals surface area contributed by atoms with E-state index in [0.717, 1.165) is 38.7 Å². The quantitative estimate of drug-likeness (QED) is 0.259. The molecule has 0 spiro atoms. The third-order valence-corrected chi connectivity index (χ3v) is 8.03. The molecule has 6 rings (SSSR count). The number of fused-ring (bicyclic) bond motifs is 1. The number of para-hydroxylation sites is 3. The summed E-state index contributed by atoms with van der Waals surface area (Å²) in [5.74, 6) is -0.362. The molecule has 4 aromatic rings. The molecule has 2 aliphatic rings. The number of ether oxygens (including phenoxy) is 2. The van der Waals surface area contributed by atoms with Crippen molar-refractivity contribution in [2.75, 3.05) is 43.1 Å². The van der Waals surface area contributed by atoms with Gasteiger partial charge in [-0.15, -0.1) is 0 Å². The molecule has 4 aromatic carbocycles. The van der Waals surface area contributed by atoms with E-state index in [1.807, 2.05) is 66.7 Å². The molecule has 0 atom stereocenters. The van der Waals surface area contributed by atoms with Gasteiger partial charge in [0.25, 0.3) is 11.1 Å². The normalized spacial score (nSPS) is 16.3. The summed E-state index contributed by atoms with van der Waals surface area (Å²) in [5, 5.41) is 4.68. The molecule has 2 heterocycles. The number of nitrogens with one attached hydrogen (secondary N) is 1. The Bertz CT molecular complexity index is 1680. The second-order valence-corrected chi connectivity index (χ2v) is 10.9. The van der Waals surface area contributed by atoms with Crippen molar-refractivity contribution < 1.29 is 23.9 Å². The van der Waals surface area contributed by atoms with Crippen molar-refractivity contribution in [3.63, 3.8) is 0 Å². The molecule has 2 saturated heterocycles. The van der Waals surface area contributed by atoms with Gasteiger partial charge in [-0.2, -0.15) is 0 Å². The predicted octanol–water partition coefficient (Wildman–Crippen LogP) is 5.93. The fourth-order valence-electron chi connectivity index (χ4n) is 4.99. The van der Waals surface area contributed by atoms with E-state index in [9.17, 15) is 14.4 Å². The van der Waals surface area contributed by atoms with E-state index in [-0.39, 0.29) is 11.4 Å². The maximum atomic E-state index is 13.2. The number of carbonyl (C=O) groups excluding carboxylic acids is 3. The van der Waals surface area contributed by atoms with Crippen molar-refractivity contribution in [1.82, 2.24) is 4.90 Å². The van der Waals surface area contributed by atoms with Crippen molar-refractivity contribution in [2.45, 2.75) is 6.61 Å². The molecule has 0 aromatic heterocycles. The predicted molar refractivity (Wildman–Crippen MR) is 166 cm³/mol. The highest BCUT2D eigenvalue weighted by atomic mass is 32.2. The third kappa shape index (κ3) is 6.17. The number of amides is 3. The number of imide groups is 1. The number of hydrogen-bond acceptors (Lipinski definition) is 7. The van der Waals surface area contributed by atoms with E-state index in [1.54, 1.807) is 6.08 Å². The maximum absolute atomic E-state index is 13.2. The van der Waals surface area contributed by atoms with Crippen LogP contribution in [0.4, 0.5) is 16.2 Å². The fraction of sp³-hybridized carbons (Fsp3) is 0.182. The van der Waals surface area contributed by atoms with Crippen LogP contribution >= 0.6 is 11.8 Å². The standard InChI is InChI=1S/C33H29N3O5S/c37-31(34-27-10-4-5-11-28(27)35-15-17-40-18-16-35)21-36-32(38)30(42-33(36)39)20-26-9-3-6-12-29(26)41-22-23-13-14-24-7-1-2-8-25(24)19-23/h1-14,19-20H,15-18,21-22H2,(H,34,37)/b30-20-. The molecule has 42 heavy (non-hydrogen) atoms. The Labute approximate surface area is 247 Å². The van der Waals surface area contributed by atoms with Crippen LogP contribution in [0, 0.1) is 0 Å². The summed E-state index contributed by atoms with van der Waals surface area (Å²) >= 11 is 0.816. The molecule has 0 radical (unpaired) electrons. The van der Waals surface area contributed by atoms with Crippen LogP contribution in [0.25, 0.3) is 16.8 Å². The zero-order chi connectivity index (χ0) is 28.9. The molecule has 8 nitrogen and oxygen atoms in total. The molecule has 2 aliphatic heterocycles. The second-order valence-electron chi connectivity index (χ2n) is 9.94. The van der Waals surface area contributed by atoms with Gasteiger partial charge in [-0.3, -0.25) is 19.3 Å². The summed E-state index contributed by atoms with van der Waals surface area (Å²) in [7, 11) is 0. The number of nitrogens with zero attached hydrogens (tertiary/aromatic N) is 2. The van der Waals surface area contributed by atoms with E-state index >= 15 is 0 Å². The van der Waals surface area contributed by atoms with Gasteiger partial charge in [0.05, 0.1) is 29.5 Å². The van der Waals surface area contributed by atoms with Crippen LogP contribution in [0.1, 0.15) is 11.1 Å². The highest BCUT2D eigenvalue weighted by Crippen LogP contribution is 2.34. The Morgan fingerprint density at radius 2 is 1.64 bits per heavy atom. The number of carbonyl (C=O) groups is 3. The van der Waals surface area contributed by atoms with Crippen LogP contribution in [-0.2, 0) is 20.9 Å². The molecule has 0 unspecified atom stereocenters. The van der Waals surface area contributed by atoms with Crippen LogP contribution in [-0.4, -0.2) is 54.8 Å². The minimum absolute atomic E-state index is 0.239. The first kappa shape index (κ1) is 27.6. The van der Waals surface area contributed by atoms with Gasteiger partial charge in [0, 0.05) is 18.7 Å². The van der Waals surface area contributed by atoms with E-state index in [2.05, 4.69) is 34.5 Å². The molecular weight excluding hydrogens is 550 g/mol. The highest BCUT2D eigenvalue weighted by Gasteiger charge is 2.36. The van der Waals surface area contributed by atoms with Gasteiger partial charge in [0.2, 0.25) is 5.91 Å². The Kier molecular flexibility index (Phi) is 8.21. The zero-order valence-electron chi connectivity index (χ0n) is 22.8. The van der Waals surface area contributed by atoms with Crippen LogP contribution in [0.2, 0.25) is 0 Å². The molecule has 3 amide bonds. The first-order valence-corrected chi connectivity index (χ1v) is 14.5. The minimum atomic E-state index is -0.508. The van der Waals surface area contributed by atoms with Gasteiger partial charge in [-0.25, -0.2) is 0 Å². The molecule has 2 fully saturated rings.